The lowest BCUT2D eigenvalue weighted by atomic mass is 9.85. The maximum absolute atomic E-state index is 12.5. The summed E-state index contributed by atoms with van der Waals surface area (Å²) in [5, 5.41) is 2.93. The molecular formula is C25H34N2O2. The van der Waals surface area contributed by atoms with Gasteiger partial charge in [-0.15, -0.1) is 0 Å². The number of rotatable bonds is 5. The molecular weight excluding hydrogens is 360 g/mol. The lowest BCUT2D eigenvalue weighted by molar-refractivity contribution is -0.117. The van der Waals surface area contributed by atoms with Crippen LogP contribution in [0.1, 0.15) is 66.0 Å². The van der Waals surface area contributed by atoms with Gasteiger partial charge in [0, 0.05) is 31.3 Å². The smallest absolute Gasteiger partial charge is 0.226 e. The van der Waals surface area contributed by atoms with Crippen molar-refractivity contribution in [3.8, 4) is 0 Å². The van der Waals surface area contributed by atoms with E-state index in [2.05, 4.69) is 46.9 Å². The van der Waals surface area contributed by atoms with E-state index in [0.717, 1.165) is 16.9 Å². The van der Waals surface area contributed by atoms with Gasteiger partial charge >= 0.3 is 0 Å². The summed E-state index contributed by atoms with van der Waals surface area (Å²) < 4.78 is 0. The molecule has 0 aromatic heterocycles. The highest BCUT2D eigenvalue weighted by Crippen LogP contribution is 2.32. The van der Waals surface area contributed by atoms with Crippen LogP contribution in [0.3, 0.4) is 0 Å². The summed E-state index contributed by atoms with van der Waals surface area (Å²) in [6.07, 6.45) is 0.235. The molecule has 0 bridgehead atoms. The van der Waals surface area contributed by atoms with Crippen LogP contribution in [0.5, 0.6) is 0 Å². The zero-order chi connectivity index (χ0) is 21.8. The van der Waals surface area contributed by atoms with E-state index in [4.69, 9.17) is 0 Å². The third-order valence-corrected chi connectivity index (χ3v) is 4.98. The maximum atomic E-state index is 12.5. The molecule has 0 saturated carbocycles. The molecule has 0 unspecified atom stereocenters. The van der Waals surface area contributed by atoms with Gasteiger partial charge < -0.3 is 10.2 Å². The number of hydrogen-bond donors (Lipinski definition) is 1. The van der Waals surface area contributed by atoms with Crippen molar-refractivity contribution in [2.75, 3.05) is 16.8 Å². The van der Waals surface area contributed by atoms with Gasteiger partial charge in [-0.25, -0.2) is 0 Å². The molecule has 29 heavy (non-hydrogen) atoms. The van der Waals surface area contributed by atoms with Crippen LogP contribution < -0.4 is 10.2 Å². The monoisotopic (exact) mass is 394 g/mol. The summed E-state index contributed by atoms with van der Waals surface area (Å²) in [4.78, 5) is 26.5. The summed E-state index contributed by atoms with van der Waals surface area (Å²) >= 11 is 0. The molecule has 0 spiro atoms. The molecule has 4 heteroatoms. The minimum absolute atomic E-state index is 0.0657. The average molecular weight is 395 g/mol. The van der Waals surface area contributed by atoms with E-state index in [9.17, 15) is 9.59 Å². The van der Waals surface area contributed by atoms with Gasteiger partial charge in [-0.2, -0.15) is 0 Å². The molecule has 2 rings (SSSR count). The molecule has 0 saturated heterocycles. The van der Waals surface area contributed by atoms with Gasteiger partial charge in [0.1, 0.15) is 0 Å². The molecule has 1 N–H and O–H groups in total. The van der Waals surface area contributed by atoms with Crippen LogP contribution in [0, 0.1) is 0 Å². The second-order valence-corrected chi connectivity index (χ2v) is 9.56. The SMILES string of the molecule is CC(=O)N(CCC(=O)Nc1ccc(C(C)(C)C)cc1)c1ccccc1C(C)(C)C. The fourth-order valence-corrected chi connectivity index (χ4v) is 3.28. The van der Waals surface area contributed by atoms with Crippen LogP contribution in [0.4, 0.5) is 11.4 Å². The summed E-state index contributed by atoms with van der Waals surface area (Å²) in [6.45, 7) is 14.7. The number of amides is 2. The molecule has 4 nitrogen and oxygen atoms in total. The molecule has 2 amide bonds. The first-order chi connectivity index (χ1) is 13.4. The van der Waals surface area contributed by atoms with Crippen molar-refractivity contribution < 1.29 is 9.59 Å². The number of nitrogens with zero attached hydrogens (tertiary/aromatic N) is 1. The topological polar surface area (TPSA) is 49.4 Å². The lowest BCUT2D eigenvalue weighted by Crippen LogP contribution is -2.34. The zero-order valence-electron chi connectivity index (χ0n) is 18.8. The number of carbonyl (C=O) groups excluding carboxylic acids is 2. The van der Waals surface area contributed by atoms with E-state index in [0.29, 0.717) is 6.54 Å². The Labute approximate surface area is 175 Å². The van der Waals surface area contributed by atoms with Crippen molar-refractivity contribution in [1.82, 2.24) is 0 Å². The van der Waals surface area contributed by atoms with Crippen LogP contribution in [0.2, 0.25) is 0 Å². The summed E-state index contributed by atoms with van der Waals surface area (Å²) in [7, 11) is 0. The molecule has 0 fully saturated rings. The molecule has 0 aliphatic carbocycles. The Bertz CT molecular complexity index is 856. The highest BCUT2D eigenvalue weighted by atomic mass is 16.2. The third-order valence-electron chi connectivity index (χ3n) is 4.98. The van der Waals surface area contributed by atoms with Gasteiger partial charge in [0.25, 0.3) is 0 Å². The quantitative estimate of drug-likeness (QED) is 0.711. The normalized spacial score (nSPS) is 11.8. The van der Waals surface area contributed by atoms with E-state index in [1.807, 2.05) is 48.5 Å². The molecule has 0 heterocycles. The highest BCUT2D eigenvalue weighted by molar-refractivity contribution is 5.95. The number of nitrogens with one attached hydrogen (secondary N) is 1. The maximum Gasteiger partial charge on any atom is 0.226 e. The number of carbonyl (C=O) groups is 2. The Hall–Kier alpha value is -2.62. The molecule has 0 radical (unpaired) electrons. The van der Waals surface area contributed by atoms with Gasteiger partial charge in [0.05, 0.1) is 0 Å². The van der Waals surface area contributed by atoms with E-state index < -0.39 is 0 Å². The predicted molar refractivity (Wildman–Crippen MR) is 122 cm³/mol. The van der Waals surface area contributed by atoms with Gasteiger partial charge in [-0.05, 0) is 40.2 Å². The van der Waals surface area contributed by atoms with Crippen molar-refractivity contribution in [2.45, 2.75) is 65.7 Å². The standard InChI is InChI=1S/C25H34N2O2/c1-18(28)27(22-11-9-8-10-21(22)25(5,6)7)17-16-23(29)26-20-14-12-19(13-15-20)24(2,3)4/h8-15H,16-17H2,1-7H3,(H,26,29). The Morgan fingerprint density at radius 3 is 1.97 bits per heavy atom. The molecule has 156 valence electrons. The van der Waals surface area contributed by atoms with Crippen molar-refractivity contribution in [1.29, 1.82) is 0 Å². The molecule has 0 aliphatic heterocycles. The predicted octanol–water partition coefficient (Wildman–Crippen LogP) is 5.66. The summed E-state index contributed by atoms with van der Waals surface area (Å²) in [5.74, 6) is -0.169. The molecule has 2 aromatic carbocycles. The van der Waals surface area contributed by atoms with Crippen LogP contribution in [0.15, 0.2) is 48.5 Å². The van der Waals surface area contributed by atoms with Gasteiger partial charge in [-0.3, -0.25) is 9.59 Å². The minimum Gasteiger partial charge on any atom is -0.326 e. The van der Waals surface area contributed by atoms with Crippen molar-refractivity contribution in [3.63, 3.8) is 0 Å². The van der Waals surface area contributed by atoms with Crippen LogP contribution in [-0.4, -0.2) is 18.4 Å². The first-order valence-corrected chi connectivity index (χ1v) is 10.2. The van der Waals surface area contributed by atoms with Crippen LogP contribution in [0.25, 0.3) is 0 Å². The number of anilines is 2. The lowest BCUT2D eigenvalue weighted by Gasteiger charge is -2.29. The summed E-state index contributed by atoms with van der Waals surface area (Å²) in [6, 6.07) is 15.8. The van der Waals surface area contributed by atoms with E-state index in [-0.39, 0.29) is 29.1 Å². The van der Waals surface area contributed by atoms with E-state index in [1.54, 1.807) is 11.8 Å². The molecule has 0 atom stereocenters. The van der Waals surface area contributed by atoms with Crippen molar-refractivity contribution in [3.05, 3.63) is 59.7 Å². The van der Waals surface area contributed by atoms with E-state index in [1.165, 1.54) is 5.56 Å². The van der Waals surface area contributed by atoms with E-state index >= 15 is 0 Å². The summed E-state index contributed by atoms with van der Waals surface area (Å²) in [5.41, 5.74) is 3.93. The first kappa shape index (κ1) is 22.7. The van der Waals surface area contributed by atoms with Gasteiger partial charge in [-0.1, -0.05) is 71.9 Å². The van der Waals surface area contributed by atoms with Gasteiger partial charge in [0.15, 0.2) is 0 Å². The number of benzene rings is 2. The average Bonchev–Trinajstić information content (AvgIpc) is 2.61. The molecule has 0 aliphatic rings. The molecule has 2 aromatic rings. The first-order valence-electron chi connectivity index (χ1n) is 10.2. The Morgan fingerprint density at radius 2 is 1.45 bits per heavy atom. The fourth-order valence-electron chi connectivity index (χ4n) is 3.28. The zero-order valence-corrected chi connectivity index (χ0v) is 18.8. The highest BCUT2D eigenvalue weighted by Gasteiger charge is 2.23. The largest absolute Gasteiger partial charge is 0.326 e. The fraction of sp³-hybridized carbons (Fsp3) is 0.440. The Balaban J connectivity index is 2.08. The number of hydrogen-bond acceptors (Lipinski definition) is 2. The van der Waals surface area contributed by atoms with Crippen LogP contribution >= 0.6 is 0 Å². The third kappa shape index (κ3) is 6.18. The van der Waals surface area contributed by atoms with Gasteiger partial charge in [0.2, 0.25) is 11.8 Å². The number of para-hydroxylation sites is 1. The van der Waals surface area contributed by atoms with Crippen LogP contribution in [-0.2, 0) is 20.4 Å². The van der Waals surface area contributed by atoms with Crippen molar-refractivity contribution in [2.24, 2.45) is 0 Å². The second-order valence-electron chi connectivity index (χ2n) is 9.56. The second kappa shape index (κ2) is 8.81. The minimum atomic E-state index is -0.104. The van der Waals surface area contributed by atoms with Crippen molar-refractivity contribution >= 4 is 23.2 Å². The Morgan fingerprint density at radius 1 is 0.862 bits per heavy atom. The Kier molecular flexibility index (Phi) is 6.89.